The second-order valence-electron chi connectivity index (χ2n) is 5.53. The summed E-state index contributed by atoms with van der Waals surface area (Å²) < 4.78 is 6.32. The fraction of sp³-hybridized carbons (Fsp3) is 0.714. The molecule has 0 bridgehead atoms. The Balaban J connectivity index is 1.92. The standard InChI is InChI=1S/C14H20BrN3O/c15-11-12(9-3-1-2-4-9)17-14(18-13(11)16)10-5-7-19-8-6-10/h9-10H,1-8H2,(H2,16,17,18). The van der Waals surface area contributed by atoms with E-state index in [1.807, 2.05) is 0 Å². The van der Waals surface area contributed by atoms with E-state index in [0.717, 1.165) is 42.0 Å². The summed E-state index contributed by atoms with van der Waals surface area (Å²) in [5.41, 5.74) is 7.20. The lowest BCUT2D eigenvalue weighted by atomic mass is 9.98. The minimum absolute atomic E-state index is 0.407. The normalized spacial score (nSPS) is 21.9. The Kier molecular flexibility index (Phi) is 4.03. The topological polar surface area (TPSA) is 61.0 Å². The van der Waals surface area contributed by atoms with Crippen LogP contribution >= 0.6 is 15.9 Å². The summed E-state index contributed by atoms with van der Waals surface area (Å²) in [7, 11) is 0. The maximum Gasteiger partial charge on any atom is 0.141 e. The summed E-state index contributed by atoms with van der Waals surface area (Å²) in [6.07, 6.45) is 7.06. The molecule has 4 nitrogen and oxygen atoms in total. The van der Waals surface area contributed by atoms with Crippen molar-refractivity contribution in [2.24, 2.45) is 0 Å². The van der Waals surface area contributed by atoms with Crippen molar-refractivity contribution in [3.8, 4) is 0 Å². The van der Waals surface area contributed by atoms with Gasteiger partial charge in [0.15, 0.2) is 0 Å². The molecule has 5 heteroatoms. The molecule has 0 unspecified atom stereocenters. The van der Waals surface area contributed by atoms with Crippen LogP contribution < -0.4 is 5.73 Å². The van der Waals surface area contributed by atoms with Crippen LogP contribution in [0, 0.1) is 0 Å². The molecule has 1 aromatic rings. The maximum atomic E-state index is 6.07. The fourth-order valence-electron chi connectivity index (χ4n) is 3.11. The summed E-state index contributed by atoms with van der Waals surface area (Å²) in [6.45, 7) is 1.62. The van der Waals surface area contributed by atoms with Gasteiger partial charge in [0.1, 0.15) is 11.6 Å². The highest BCUT2D eigenvalue weighted by Crippen LogP contribution is 2.39. The van der Waals surface area contributed by atoms with E-state index in [4.69, 9.17) is 15.5 Å². The second kappa shape index (κ2) is 5.75. The number of anilines is 1. The third kappa shape index (κ3) is 2.77. The van der Waals surface area contributed by atoms with Gasteiger partial charge in [-0.15, -0.1) is 0 Å². The Morgan fingerprint density at radius 1 is 1.00 bits per heavy atom. The zero-order valence-corrected chi connectivity index (χ0v) is 12.7. The molecule has 19 heavy (non-hydrogen) atoms. The van der Waals surface area contributed by atoms with Crippen molar-refractivity contribution in [2.75, 3.05) is 18.9 Å². The van der Waals surface area contributed by atoms with E-state index in [1.54, 1.807) is 0 Å². The third-order valence-corrected chi connectivity index (χ3v) is 5.06. The molecule has 2 N–H and O–H groups in total. The summed E-state index contributed by atoms with van der Waals surface area (Å²) >= 11 is 3.57. The van der Waals surface area contributed by atoms with Gasteiger partial charge in [-0.3, -0.25) is 0 Å². The van der Waals surface area contributed by atoms with Gasteiger partial charge < -0.3 is 10.5 Å². The van der Waals surface area contributed by atoms with Crippen molar-refractivity contribution in [3.63, 3.8) is 0 Å². The molecule has 1 saturated heterocycles. The molecule has 0 aromatic carbocycles. The second-order valence-corrected chi connectivity index (χ2v) is 6.33. The minimum atomic E-state index is 0.407. The molecule has 1 saturated carbocycles. The number of ether oxygens (including phenoxy) is 1. The minimum Gasteiger partial charge on any atom is -0.383 e. The lowest BCUT2D eigenvalue weighted by Crippen LogP contribution is -2.18. The van der Waals surface area contributed by atoms with E-state index in [1.165, 1.54) is 25.7 Å². The lowest BCUT2D eigenvalue weighted by Gasteiger charge is -2.22. The van der Waals surface area contributed by atoms with Gasteiger partial charge in [0, 0.05) is 25.0 Å². The van der Waals surface area contributed by atoms with Crippen LogP contribution in [0.1, 0.15) is 61.9 Å². The third-order valence-electron chi connectivity index (χ3n) is 4.25. The number of nitrogen functional groups attached to an aromatic ring is 1. The van der Waals surface area contributed by atoms with Crippen molar-refractivity contribution in [1.82, 2.24) is 9.97 Å². The molecule has 2 heterocycles. The highest BCUT2D eigenvalue weighted by atomic mass is 79.9. The van der Waals surface area contributed by atoms with Crippen molar-refractivity contribution < 1.29 is 4.74 Å². The number of rotatable bonds is 2. The SMILES string of the molecule is Nc1nc(C2CCOCC2)nc(C2CCCC2)c1Br. The maximum absolute atomic E-state index is 6.07. The molecule has 0 atom stereocenters. The Bertz CT molecular complexity index is 454. The van der Waals surface area contributed by atoms with Gasteiger partial charge in [0.05, 0.1) is 10.2 Å². The Hall–Kier alpha value is -0.680. The van der Waals surface area contributed by atoms with Gasteiger partial charge in [-0.05, 0) is 41.6 Å². The Labute approximate surface area is 122 Å². The Morgan fingerprint density at radius 2 is 1.68 bits per heavy atom. The fourth-order valence-corrected chi connectivity index (χ4v) is 3.61. The molecule has 2 aliphatic rings. The zero-order valence-electron chi connectivity index (χ0n) is 11.1. The first-order valence-corrected chi connectivity index (χ1v) is 7.95. The van der Waals surface area contributed by atoms with Crippen molar-refractivity contribution >= 4 is 21.7 Å². The lowest BCUT2D eigenvalue weighted by molar-refractivity contribution is 0.0835. The monoisotopic (exact) mass is 325 g/mol. The first kappa shape index (κ1) is 13.3. The summed E-state index contributed by atoms with van der Waals surface area (Å²) in [4.78, 5) is 9.34. The van der Waals surface area contributed by atoms with E-state index in [2.05, 4.69) is 20.9 Å². The molecule has 1 aromatic heterocycles. The predicted molar refractivity (Wildman–Crippen MR) is 78.1 cm³/mol. The number of nitrogens with two attached hydrogens (primary N) is 1. The smallest absolute Gasteiger partial charge is 0.141 e. The van der Waals surface area contributed by atoms with Crippen LogP contribution in [0.25, 0.3) is 0 Å². The molecular formula is C14H20BrN3O. The summed E-state index contributed by atoms with van der Waals surface area (Å²) in [5.74, 6) is 2.48. The van der Waals surface area contributed by atoms with Gasteiger partial charge in [-0.25, -0.2) is 9.97 Å². The summed E-state index contributed by atoms with van der Waals surface area (Å²) in [5, 5.41) is 0. The van der Waals surface area contributed by atoms with E-state index in [9.17, 15) is 0 Å². The van der Waals surface area contributed by atoms with E-state index in [-0.39, 0.29) is 0 Å². The average molecular weight is 326 g/mol. The van der Waals surface area contributed by atoms with Gasteiger partial charge in [0.25, 0.3) is 0 Å². The first-order valence-electron chi connectivity index (χ1n) is 7.16. The molecule has 0 radical (unpaired) electrons. The molecule has 3 rings (SSSR count). The van der Waals surface area contributed by atoms with Gasteiger partial charge in [-0.1, -0.05) is 12.8 Å². The number of hydrogen-bond donors (Lipinski definition) is 1. The predicted octanol–water partition coefficient (Wildman–Crippen LogP) is 3.37. The largest absolute Gasteiger partial charge is 0.383 e. The molecule has 1 aliphatic carbocycles. The van der Waals surface area contributed by atoms with Crippen LogP contribution in [0.5, 0.6) is 0 Å². The van der Waals surface area contributed by atoms with Crippen molar-refractivity contribution in [1.29, 1.82) is 0 Å². The molecule has 1 aliphatic heterocycles. The van der Waals surface area contributed by atoms with Crippen LogP contribution in [0.4, 0.5) is 5.82 Å². The quantitative estimate of drug-likeness (QED) is 0.905. The average Bonchev–Trinajstić information content (AvgIpc) is 2.96. The van der Waals surface area contributed by atoms with Crippen LogP contribution in [0.2, 0.25) is 0 Å². The number of aromatic nitrogens is 2. The first-order chi connectivity index (χ1) is 9.25. The number of halogens is 1. The number of hydrogen-bond acceptors (Lipinski definition) is 4. The molecule has 2 fully saturated rings. The Morgan fingerprint density at radius 3 is 2.37 bits per heavy atom. The zero-order chi connectivity index (χ0) is 13.2. The molecule has 104 valence electrons. The van der Waals surface area contributed by atoms with E-state index >= 15 is 0 Å². The van der Waals surface area contributed by atoms with Crippen LogP contribution in [0.15, 0.2) is 4.47 Å². The molecule has 0 amide bonds. The van der Waals surface area contributed by atoms with Gasteiger partial charge in [-0.2, -0.15) is 0 Å². The van der Waals surface area contributed by atoms with E-state index < -0.39 is 0 Å². The van der Waals surface area contributed by atoms with Gasteiger partial charge in [0.2, 0.25) is 0 Å². The number of nitrogens with zero attached hydrogens (tertiary/aromatic N) is 2. The van der Waals surface area contributed by atoms with Crippen LogP contribution in [-0.4, -0.2) is 23.2 Å². The van der Waals surface area contributed by atoms with Crippen molar-refractivity contribution in [2.45, 2.75) is 50.4 Å². The van der Waals surface area contributed by atoms with Crippen molar-refractivity contribution in [3.05, 3.63) is 16.0 Å². The van der Waals surface area contributed by atoms with E-state index in [0.29, 0.717) is 17.7 Å². The van der Waals surface area contributed by atoms with Crippen LogP contribution in [-0.2, 0) is 4.74 Å². The highest BCUT2D eigenvalue weighted by molar-refractivity contribution is 9.10. The van der Waals surface area contributed by atoms with Gasteiger partial charge >= 0.3 is 0 Å². The molecular weight excluding hydrogens is 306 g/mol. The highest BCUT2D eigenvalue weighted by Gasteiger charge is 2.26. The summed E-state index contributed by atoms with van der Waals surface area (Å²) in [6, 6.07) is 0. The molecule has 0 spiro atoms. The van der Waals surface area contributed by atoms with Crippen LogP contribution in [0.3, 0.4) is 0 Å².